The molecule has 10 heteroatoms. The van der Waals surface area contributed by atoms with Gasteiger partial charge in [0.15, 0.2) is 0 Å². The molecular weight excluding hydrogens is 292 g/mol. The number of nitrogen functional groups attached to an aromatic ring is 1. The molecule has 7 nitrogen and oxygen atoms in total. The molecular formula is C8H12N6OS3. The summed E-state index contributed by atoms with van der Waals surface area (Å²) in [6.45, 7) is 0.792. The number of methoxy groups -OCH3 is 1. The molecule has 0 amide bonds. The largest absolute Gasteiger partial charge is 0.478 e. The number of nitrogens with one attached hydrogen (secondary N) is 1. The average Bonchev–Trinajstić information content (AvgIpc) is 2.97. The fourth-order valence-corrected chi connectivity index (χ4v) is 3.16. The van der Waals surface area contributed by atoms with E-state index in [1.807, 2.05) is 0 Å². The van der Waals surface area contributed by atoms with Gasteiger partial charge in [-0.25, -0.2) is 0 Å². The fourth-order valence-electron chi connectivity index (χ4n) is 1.15. The molecule has 0 aromatic carbocycles. The molecule has 2 rings (SSSR count). The minimum atomic E-state index is 0.516. The number of hydrogen-bond donors (Lipinski definition) is 2. The molecule has 98 valence electrons. The molecule has 0 aliphatic rings. The Labute approximate surface area is 116 Å². The highest BCUT2D eigenvalue weighted by molar-refractivity contribution is 7.98. The number of nitrogens with two attached hydrogens (primary N) is 1. The summed E-state index contributed by atoms with van der Waals surface area (Å²) in [5.74, 6) is 2.99. The van der Waals surface area contributed by atoms with Gasteiger partial charge in [-0.05, 0) is 0 Å². The molecule has 2 heterocycles. The zero-order chi connectivity index (χ0) is 12.8. The molecule has 0 saturated carbocycles. The van der Waals surface area contributed by atoms with Crippen LogP contribution in [-0.4, -0.2) is 38.4 Å². The second-order valence-electron chi connectivity index (χ2n) is 3.14. The highest BCUT2D eigenvalue weighted by Crippen LogP contribution is 2.21. The third-order valence-corrected chi connectivity index (χ3v) is 4.32. The van der Waals surface area contributed by atoms with Crippen LogP contribution in [0.25, 0.3) is 0 Å². The highest BCUT2D eigenvalue weighted by atomic mass is 32.2. The molecule has 0 fully saturated rings. The molecule has 0 bridgehead atoms. The Morgan fingerprint density at radius 1 is 1.39 bits per heavy atom. The minimum absolute atomic E-state index is 0.516. The van der Waals surface area contributed by atoms with E-state index >= 15 is 0 Å². The molecule has 0 spiro atoms. The third-order valence-electron chi connectivity index (χ3n) is 1.90. The molecule has 0 atom stereocenters. The third kappa shape index (κ3) is 3.68. The van der Waals surface area contributed by atoms with E-state index in [-0.39, 0.29) is 0 Å². The lowest BCUT2D eigenvalue weighted by Crippen LogP contribution is -2.05. The lowest BCUT2D eigenvalue weighted by atomic mass is 10.6. The standard InChI is InChI=1S/C8H12N6OS3/c1-15-7-6(13-18-14-7)10-2-3-16-4-5-11-12-8(9)17-5/h2-4H2,1H3,(H2,9,12)(H,10,13). The first kappa shape index (κ1) is 13.3. The van der Waals surface area contributed by atoms with Gasteiger partial charge in [-0.1, -0.05) is 11.3 Å². The molecule has 3 N–H and O–H groups in total. The first-order chi connectivity index (χ1) is 8.79. The van der Waals surface area contributed by atoms with Crippen LogP contribution < -0.4 is 15.8 Å². The van der Waals surface area contributed by atoms with Crippen LogP contribution in [0.3, 0.4) is 0 Å². The second-order valence-corrected chi connectivity index (χ2v) is 5.86. The Balaban J connectivity index is 1.64. The maximum atomic E-state index is 5.50. The SMILES string of the molecule is COc1nsnc1NCCSCc1nnc(N)s1. The van der Waals surface area contributed by atoms with Crippen LogP contribution in [0.15, 0.2) is 0 Å². The maximum absolute atomic E-state index is 5.50. The predicted octanol–water partition coefficient (Wildman–Crippen LogP) is 1.33. The summed E-state index contributed by atoms with van der Waals surface area (Å²) in [6, 6.07) is 0. The van der Waals surface area contributed by atoms with Crippen LogP contribution in [0.4, 0.5) is 10.9 Å². The summed E-state index contributed by atoms with van der Waals surface area (Å²) in [5, 5.41) is 12.3. The smallest absolute Gasteiger partial charge is 0.270 e. The van der Waals surface area contributed by atoms with Gasteiger partial charge in [0.2, 0.25) is 10.9 Å². The van der Waals surface area contributed by atoms with E-state index in [1.54, 1.807) is 18.9 Å². The Bertz CT molecular complexity index is 487. The number of thioether (sulfide) groups is 1. The predicted molar refractivity (Wildman–Crippen MR) is 75.4 cm³/mol. The van der Waals surface area contributed by atoms with Gasteiger partial charge >= 0.3 is 0 Å². The van der Waals surface area contributed by atoms with Crippen molar-refractivity contribution in [2.24, 2.45) is 0 Å². The normalized spacial score (nSPS) is 10.5. The van der Waals surface area contributed by atoms with E-state index in [9.17, 15) is 0 Å². The van der Waals surface area contributed by atoms with Crippen molar-refractivity contribution in [3.8, 4) is 5.88 Å². The van der Waals surface area contributed by atoms with Gasteiger partial charge in [0.05, 0.1) is 18.8 Å². The van der Waals surface area contributed by atoms with Crippen LogP contribution in [0.5, 0.6) is 5.88 Å². The molecule has 0 unspecified atom stereocenters. The van der Waals surface area contributed by atoms with Crippen LogP contribution in [0.2, 0.25) is 0 Å². The van der Waals surface area contributed by atoms with Crippen molar-refractivity contribution in [3.63, 3.8) is 0 Å². The van der Waals surface area contributed by atoms with E-state index < -0.39 is 0 Å². The van der Waals surface area contributed by atoms with Crippen molar-refractivity contribution in [1.29, 1.82) is 0 Å². The van der Waals surface area contributed by atoms with Gasteiger partial charge in [-0.15, -0.1) is 14.6 Å². The number of rotatable bonds is 7. The monoisotopic (exact) mass is 304 g/mol. The minimum Gasteiger partial charge on any atom is -0.478 e. The quantitative estimate of drug-likeness (QED) is 0.739. The van der Waals surface area contributed by atoms with E-state index in [2.05, 4.69) is 24.3 Å². The lowest BCUT2D eigenvalue weighted by Gasteiger charge is -2.03. The van der Waals surface area contributed by atoms with Crippen molar-refractivity contribution in [3.05, 3.63) is 5.01 Å². The Hall–Kier alpha value is -1.13. The number of hydrogen-bond acceptors (Lipinski definition) is 10. The maximum Gasteiger partial charge on any atom is 0.270 e. The molecule has 18 heavy (non-hydrogen) atoms. The molecule has 0 aliphatic heterocycles. The molecule has 2 aromatic heterocycles. The number of aromatic nitrogens is 4. The first-order valence-corrected chi connectivity index (χ1v) is 7.75. The van der Waals surface area contributed by atoms with E-state index in [0.29, 0.717) is 16.8 Å². The van der Waals surface area contributed by atoms with Gasteiger partial charge in [-0.3, -0.25) is 0 Å². The lowest BCUT2D eigenvalue weighted by molar-refractivity contribution is 0.403. The fraction of sp³-hybridized carbons (Fsp3) is 0.500. The summed E-state index contributed by atoms with van der Waals surface area (Å²) in [6.07, 6.45) is 0. The number of anilines is 2. The van der Waals surface area contributed by atoms with Gasteiger partial charge in [0.1, 0.15) is 5.01 Å². The van der Waals surface area contributed by atoms with Gasteiger partial charge < -0.3 is 15.8 Å². The van der Waals surface area contributed by atoms with E-state index in [1.165, 1.54) is 11.3 Å². The van der Waals surface area contributed by atoms with Gasteiger partial charge in [0, 0.05) is 18.1 Å². The Morgan fingerprint density at radius 2 is 2.28 bits per heavy atom. The first-order valence-electron chi connectivity index (χ1n) is 5.05. The topological polar surface area (TPSA) is 98.8 Å². The summed E-state index contributed by atoms with van der Waals surface area (Å²) in [7, 11) is 1.58. The molecule has 0 aliphatic carbocycles. The molecule has 0 saturated heterocycles. The molecule has 0 radical (unpaired) electrons. The average molecular weight is 304 g/mol. The highest BCUT2D eigenvalue weighted by Gasteiger charge is 2.06. The number of ether oxygens (including phenoxy) is 1. The van der Waals surface area contributed by atoms with Gasteiger partial charge in [0.25, 0.3) is 5.88 Å². The van der Waals surface area contributed by atoms with Crippen LogP contribution in [-0.2, 0) is 5.75 Å². The number of nitrogens with zero attached hydrogens (tertiary/aromatic N) is 4. The van der Waals surface area contributed by atoms with Crippen LogP contribution in [0, 0.1) is 0 Å². The zero-order valence-electron chi connectivity index (χ0n) is 9.62. The van der Waals surface area contributed by atoms with Crippen LogP contribution >= 0.6 is 34.8 Å². The molecule has 2 aromatic rings. The zero-order valence-corrected chi connectivity index (χ0v) is 12.1. The summed E-state index contributed by atoms with van der Waals surface area (Å²) in [4.78, 5) is 0. The van der Waals surface area contributed by atoms with Crippen LogP contribution in [0.1, 0.15) is 5.01 Å². The van der Waals surface area contributed by atoms with E-state index in [0.717, 1.165) is 34.8 Å². The van der Waals surface area contributed by atoms with Crippen molar-refractivity contribution < 1.29 is 4.74 Å². The summed E-state index contributed by atoms with van der Waals surface area (Å²) < 4.78 is 13.1. The summed E-state index contributed by atoms with van der Waals surface area (Å²) >= 11 is 4.31. The van der Waals surface area contributed by atoms with Crippen molar-refractivity contribution >= 4 is 45.8 Å². The van der Waals surface area contributed by atoms with Crippen molar-refractivity contribution in [1.82, 2.24) is 18.9 Å². The van der Waals surface area contributed by atoms with E-state index in [4.69, 9.17) is 10.5 Å². The van der Waals surface area contributed by atoms with Crippen molar-refractivity contribution in [2.75, 3.05) is 30.5 Å². The Kier molecular flexibility index (Phi) is 4.96. The summed E-state index contributed by atoms with van der Waals surface area (Å²) in [5.41, 5.74) is 5.50. The second kappa shape index (κ2) is 6.71. The van der Waals surface area contributed by atoms with Crippen molar-refractivity contribution in [2.45, 2.75) is 5.75 Å². The van der Waals surface area contributed by atoms with Gasteiger partial charge in [-0.2, -0.15) is 16.1 Å². The Morgan fingerprint density at radius 3 is 3.00 bits per heavy atom.